The van der Waals surface area contributed by atoms with Gasteiger partial charge in [0.2, 0.25) is 17.7 Å². The quantitative estimate of drug-likeness (QED) is 0.140. The van der Waals surface area contributed by atoms with Crippen molar-refractivity contribution in [2.45, 2.75) is 71.0 Å². The number of primary amides is 1. The van der Waals surface area contributed by atoms with Crippen molar-refractivity contribution in [3.63, 3.8) is 0 Å². The first-order valence-corrected chi connectivity index (χ1v) is 13.5. The summed E-state index contributed by atoms with van der Waals surface area (Å²) in [6.07, 6.45) is 4.77. The van der Waals surface area contributed by atoms with E-state index in [4.69, 9.17) is 5.73 Å². The van der Waals surface area contributed by atoms with Crippen LogP contribution in [0.25, 0.3) is 0 Å². The summed E-state index contributed by atoms with van der Waals surface area (Å²) in [4.78, 5) is 73.5. The van der Waals surface area contributed by atoms with Gasteiger partial charge < -0.3 is 27.0 Å². The van der Waals surface area contributed by atoms with Gasteiger partial charge in [-0.15, -0.1) is 0 Å². The third-order valence-corrected chi connectivity index (χ3v) is 6.37. The zero-order valence-electron chi connectivity index (χ0n) is 23.1. The minimum atomic E-state index is -0.818. The lowest BCUT2D eigenvalue weighted by Crippen LogP contribution is -2.54. The van der Waals surface area contributed by atoms with Gasteiger partial charge in [-0.1, -0.05) is 50.6 Å². The molecule has 0 fully saturated rings. The number of nitrogens with one attached hydrogen (secondary N) is 4. The van der Waals surface area contributed by atoms with Crippen molar-refractivity contribution in [1.82, 2.24) is 26.2 Å². The van der Waals surface area contributed by atoms with Crippen LogP contribution in [0.4, 0.5) is 4.79 Å². The van der Waals surface area contributed by atoms with Crippen LogP contribution in [-0.4, -0.2) is 65.6 Å². The Morgan fingerprint density at radius 2 is 1.52 bits per heavy atom. The summed E-state index contributed by atoms with van der Waals surface area (Å²) in [5, 5.41) is 10.9. The Bertz CT molecular complexity index is 1060. The molecule has 1 aromatic rings. The van der Waals surface area contributed by atoms with Gasteiger partial charge in [0.05, 0.1) is 0 Å². The average molecular weight is 557 g/mol. The summed E-state index contributed by atoms with van der Waals surface area (Å²) in [5.74, 6) is -1.80. The van der Waals surface area contributed by atoms with E-state index in [0.717, 1.165) is 10.5 Å². The molecule has 0 aliphatic carbocycles. The Morgan fingerprint density at radius 1 is 0.850 bits per heavy atom. The van der Waals surface area contributed by atoms with Crippen molar-refractivity contribution in [2.24, 2.45) is 11.7 Å². The molecule has 0 saturated carbocycles. The monoisotopic (exact) mass is 556 g/mol. The highest BCUT2D eigenvalue weighted by Gasteiger charge is 2.27. The summed E-state index contributed by atoms with van der Waals surface area (Å²) in [7, 11) is 0. The molecule has 1 aliphatic heterocycles. The van der Waals surface area contributed by atoms with Gasteiger partial charge >= 0.3 is 6.03 Å². The maximum absolute atomic E-state index is 13.1. The highest BCUT2D eigenvalue weighted by atomic mass is 16.2. The normalized spacial score (nSPS) is 14.1. The van der Waals surface area contributed by atoms with Gasteiger partial charge in [0.1, 0.15) is 6.04 Å². The fourth-order valence-electron chi connectivity index (χ4n) is 4.09. The molecule has 1 heterocycles. The first kappa shape index (κ1) is 32.0. The second-order valence-corrected chi connectivity index (χ2v) is 10.0. The predicted molar refractivity (Wildman–Crippen MR) is 148 cm³/mol. The number of carbonyl (C=O) groups excluding carboxylic acids is 6. The highest BCUT2D eigenvalue weighted by Crippen LogP contribution is 2.09. The predicted octanol–water partition coefficient (Wildman–Crippen LogP) is 0.862. The first-order valence-electron chi connectivity index (χ1n) is 13.5. The Balaban J connectivity index is 1.80. The van der Waals surface area contributed by atoms with Gasteiger partial charge in [-0.3, -0.25) is 28.9 Å². The minimum Gasteiger partial charge on any atom is -0.352 e. The average Bonchev–Trinajstić information content (AvgIpc) is 3.24. The van der Waals surface area contributed by atoms with E-state index in [1.54, 1.807) is 13.8 Å². The SMILES string of the molecule is CC(C)[C@H](NC(=O)CCCCCN1C(=O)C=CC1=O)C(=O)NC(CCC(=O)NCc1ccccc1)CNC(N)=O. The molecule has 12 nitrogen and oxygen atoms in total. The molecule has 1 unspecified atom stereocenters. The topological polar surface area (TPSA) is 180 Å². The molecule has 2 atom stereocenters. The van der Waals surface area contributed by atoms with E-state index in [0.29, 0.717) is 32.4 Å². The van der Waals surface area contributed by atoms with Crippen LogP contribution < -0.4 is 27.0 Å². The van der Waals surface area contributed by atoms with E-state index in [9.17, 15) is 28.8 Å². The fourth-order valence-corrected chi connectivity index (χ4v) is 4.09. The van der Waals surface area contributed by atoms with Crippen LogP contribution in [0.15, 0.2) is 42.5 Å². The van der Waals surface area contributed by atoms with Gasteiger partial charge in [-0.05, 0) is 30.7 Å². The van der Waals surface area contributed by atoms with Crippen molar-refractivity contribution < 1.29 is 28.8 Å². The smallest absolute Gasteiger partial charge is 0.312 e. The van der Waals surface area contributed by atoms with Gasteiger partial charge in [-0.2, -0.15) is 0 Å². The lowest BCUT2D eigenvalue weighted by molar-refractivity contribution is -0.137. The molecule has 0 radical (unpaired) electrons. The van der Waals surface area contributed by atoms with Crippen molar-refractivity contribution in [2.75, 3.05) is 13.1 Å². The summed E-state index contributed by atoms with van der Waals surface area (Å²) >= 11 is 0. The molecular formula is C28H40N6O6. The summed E-state index contributed by atoms with van der Waals surface area (Å²) < 4.78 is 0. The van der Waals surface area contributed by atoms with Crippen LogP contribution >= 0.6 is 0 Å². The van der Waals surface area contributed by atoms with Crippen LogP contribution in [0.3, 0.4) is 0 Å². The Hall–Kier alpha value is -4.22. The highest BCUT2D eigenvalue weighted by molar-refractivity contribution is 6.12. The maximum Gasteiger partial charge on any atom is 0.312 e. The summed E-state index contributed by atoms with van der Waals surface area (Å²) in [6, 6.07) is 7.30. The number of carbonyl (C=O) groups is 6. The maximum atomic E-state index is 13.1. The third kappa shape index (κ3) is 11.7. The minimum absolute atomic E-state index is 0.0311. The lowest BCUT2D eigenvalue weighted by atomic mass is 10.0. The molecule has 12 heteroatoms. The third-order valence-electron chi connectivity index (χ3n) is 6.37. The van der Waals surface area contributed by atoms with E-state index in [1.165, 1.54) is 12.2 Å². The molecule has 7 amide bonds. The van der Waals surface area contributed by atoms with Gasteiger partial charge in [-0.25, -0.2) is 4.79 Å². The molecule has 218 valence electrons. The molecule has 1 aliphatic rings. The standard InChI is InChI=1S/C28H40N6O6/c1-19(2)26(33-23(36)11-7-4-8-16-34-24(37)14-15-25(34)38)27(39)32-21(18-31-28(29)40)12-13-22(35)30-17-20-9-5-3-6-10-20/h3,5-6,9-10,14-15,19,21,26H,4,7-8,11-13,16-18H2,1-2H3,(H,30,35)(H,32,39)(H,33,36)(H3,29,31,40)/t21?,26-/m0/s1. The van der Waals surface area contributed by atoms with Crippen molar-refractivity contribution in [3.8, 4) is 0 Å². The first-order chi connectivity index (χ1) is 19.1. The number of urea groups is 1. The van der Waals surface area contributed by atoms with Crippen LogP contribution in [-0.2, 0) is 30.5 Å². The molecular weight excluding hydrogens is 516 g/mol. The number of unbranched alkanes of at least 4 members (excludes halogenated alkanes) is 2. The Kier molecular flexibility index (Phi) is 13.3. The van der Waals surface area contributed by atoms with E-state index in [2.05, 4.69) is 21.3 Å². The molecule has 0 saturated heterocycles. The largest absolute Gasteiger partial charge is 0.352 e. The fraction of sp³-hybridized carbons (Fsp3) is 0.500. The summed E-state index contributed by atoms with van der Waals surface area (Å²) in [5.41, 5.74) is 6.15. The Morgan fingerprint density at radius 3 is 2.15 bits per heavy atom. The van der Waals surface area contributed by atoms with Crippen LogP contribution in [0, 0.1) is 5.92 Å². The number of rotatable bonds is 17. The molecule has 0 aromatic heterocycles. The molecule has 1 aromatic carbocycles. The van der Waals surface area contributed by atoms with Crippen LogP contribution in [0.2, 0.25) is 0 Å². The number of hydrogen-bond acceptors (Lipinski definition) is 6. The number of imide groups is 1. The summed E-state index contributed by atoms with van der Waals surface area (Å²) in [6.45, 7) is 4.31. The van der Waals surface area contributed by atoms with Crippen LogP contribution in [0.1, 0.15) is 57.9 Å². The van der Waals surface area contributed by atoms with E-state index < -0.39 is 24.0 Å². The molecule has 2 rings (SSSR count). The van der Waals surface area contributed by atoms with E-state index in [1.807, 2.05) is 30.3 Å². The number of nitrogens with two attached hydrogens (primary N) is 1. The molecule has 0 bridgehead atoms. The number of benzene rings is 1. The second-order valence-electron chi connectivity index (χ2n) is 10.0. The van der Waals surface area contributed by atoms with Crippen LogP contribution in [0.5, 0.6) is 0 Å². The van der Waals surface area contributed by atoms with Crippen molar-refractivity contribution in [3.05, 3.63) is 48.0 Å². The lowest BCUT2D eigenvalue weighted by Gasteiger charge is -2.26. The number of hydrogen-bond donors (Lipinski definition) is 5. The molecule has 0 spiro atoms. The number of nitrogens with zero attached hydrogens (tertiary/aromatic N) is 1. The zero-order valence-corrected chi connectivity index (χ0v) is 23.1. The number of amides is 7. The van der Waals surface area contributed by atoms with Gasteiger partial charge in [0.25, 0.3) is 11.8 Å². The second kappa shape index (κ2) is 16.7. The van der Waals surface area contributed by atoms with Gasteiger partial charge in [0, 0.05) is 50.7 Å². The zero-order chi connectivity index (χ0) is 29.5. The Labute approximate surface area is 234 Å². The van der Waals surface area contributed by atoms with Crippen molar-refractivity contribution in [1.29, 1.82) is 0 Å². The van der Waals surface area contributed by atoms with Gasteiger partial charge in [0.15, 0.2) is 0 Å². The molecule has 40 heavy (non-hydrogen) atoms. The van der Waals surface area contributed by atoms with E-state index >= 15 is 0 Å². The molecule has 6 N–H and O–H groups in total. The van der Waals surface area contributed by atoms with E-state index in [-0.39, 0.29) is 55.4 Å². The van der Waals surface area contributed by atoms with Crippen molar-refractivity contribution >= 4 is 35.6 Å².